The summed E-state index contributed by atoms with van der Waals surface area (Å²) in [5.74, 6) is 0.104. The summed E-state index contributed by atoms with van der Waals surface area (Å²) in [5.41, 5.74) is 5.73. The molecule has 0 aliphatic heterocycles. The van der Waals surface area contributed by atoms with Gasteiger partial charge in [0.15, 0.2) is 10.8 Å². The molecule has 1 amide bonds. The third kappa shape index (κ3) is 4.54. The Labute approximate surface area is 184 Å². The van der Waals surface area contributed by atoms with Gasteiger partial charge in [-0.1, -0.05) is 53.7 Å². The number of fused-ring (bicyclic) bond motifs is 1. The second kappa shape index (κ2) is 8.77. The van der Waals surface area contributed by atoms with Crippen molar-refractivity contribution in [2.24, 2.45) is 0 Å². The molecule has 0 saturated heterocycles. The van der Waals surface area contributed by atoms with E-state index in [9.17, 15) is 4.79 Å². The predicted molar refractivity (Wildman–Crippen MR) is 122 cm³/mol. The molecule has 0 aliphatic carbocycles. The SMILES string of the molecule is Cc1ccc(CNC(=O)CSc2nc3n[nH]c(C)c3c(=N)n2-c2cccc(C)c2)cc1. The van der Waals surface area contributed by atoms with E-state index in [0.29, 0.717) is 28.2 Å². The van der Waals surface area contributed by atoms with Crippen LogP contribution in [0.1, 0.15) is 22.4 Å². The Balaban J connectivity index is 1.59. The molecule has 31 heavy (non-hydrogen) atoms. The maximum atomic E-state index is 12.5. The lowest BCUT2D eigenvalue weighted by atomic mass is 10.1. The Morgan fingerprint density at radius 2 is 1.90 bits per heavy atom. The van der Waals surface area contributed by atoms with Crippen molar-refractivity contribution in [2.45, 2.75) is 32.5 Å². The van der Waals surface area contributed by atoms with E-state index in [0.717, 1.165) is 22.5 Å². The van der Waals surface area contributed by atoms with Crippen LogP contribution in [0.2, 0.25) is 0 Å². The summed E-state index contributed by atoms with van der Waals surface area (Å²) in [7, 11) is 0. The Bertz CT molecular complexity index is 1310. The summed E-state index contributed by atoms with van der Waals surface area (Å²) in [6.45, 7) is 6.40. The van der Waals surface area contributed by atoms with Gasteiger partial charge >= 0.3 is 0 Å². The number of aromatic amines is 1. The van der Waals surface area contributed by atoms with E-state index in [-0.39, 0.29) is 11.7 Å². The van der Waals surface area contributed by atoms with Crippen LogP contribution in [0.4, 0.5) is 0 Å². The predicted octanol–water partition coefficient (Wildman–Crippen LogP) is 3.56. The van der Waals surface area contributed by atoms with Crippen LogP contribution in [0, 0.1) is 26.2 Å². The molecule has 158 valence electrons. The van der Waals surface area contributed by atoms with Crippen LogP contribution in [-0.2, 0) is 11.3 Å². The average molecular weight is 433 g/mol. The molecule has 0 unspecified atom stereocenters. The maximum Gasteiger partial charge on any atom is 0.230 e. The fourth-order valence-corrected chi connectivity index (χ4v) is 4.16. The summed E-state index contributed by atoms with van der Waals surface area (Å²) in [6, 6.07) is 16.0. The number of aryl methyl sites for hydroxylation is 3. The first-order valence-corrected chi connectivity index (χ1v) is 11.0. The van der Waals surface area contributed by atoms with E-state index >= 15 is 0 Å². The molecule has 4 rings (SSSR count). The maximum absolute atomic E-state index is 12.5. The molecule has 0 radical (unpaired) electrons. The van der Waals surface area contributed by atoms with Crippen molar-refractivity contribution in [3.8, 4) is 5.69 Å². The monoisotopic (exact) mass is 432 g/mol. The lowest BCUT2D eigenvalue weighted by molar-refractivity contribution is -0.118. The molecule has 0 atom stereocenters. The molecule has 0 fully saturated rings. The Kier molecular flexibility index (Phi) is 5.90. The fourth-order valence-electron chi connectivity index (χ4n) is 3.32. The summed E-state index contributed by atoms with van der Waals surface area (Å²) in [4.78, 5) is 17.1. The molecule has 0 spiro atoms. The zero-order valence-corrected chi connectivity index (χ0v) is 18.5. The number of rotatable bonds is 6. The van der Waals surface area contributed by atoms with Crippen molar-refractivity contribution in [1.82, 2.24) is 25.1 Å². The van der Waals surface area contributed by atoms with Gasteiger partial charge in [0.25, 0.3) is 0 Å². The van der Waals surface area contributed by atoms with Crippen molar-refractivity contribution in [3.05, 3.63) is 76.4 Å². The molecule has 2 heterocycles. The van der Waals surface area contributed by atoms with Gasteiger partial charge in [-0.25, -0.2) is 4.98 Å². The summed E-state index contributed by atoms with van der Waals surface area (Å²) >= 11 is 1.30. The number of nitrogens with one attached hydrogen (secondary N) is 3. The van der Waals surface area contributed by atoms with Gasteiger partial charge in [-0.15, -0.1) is 0 Å². The van der Waals surface area contributed by atoms with Gasteiger partial charge in [0.1, 0.15) is 5.49 Å². The van der Waals surface area contributed by atoms with E-state index in [1.807, 2.05) is 69.3 Å². The summed E-state index contributed by atoms with van der Waals surface area (Å²) in [5, 5.41) is 20.1. The number of thioether (sulfide) groups is 1. The zero-order chi connectivity index (χ0) is 22.0. The molecule has 8 heteroatoms. The van der Waals surface area contributed by atoms with Crippen molar-refractivity contribution in [2.75, 3.05) is 5.75 Å². The number of carbonyl (C=O) groups excluding carboxylic acids is 1. The van der Waals surface area contributed by atoms with Gasteiger partial charge in [0.2, 0.25) is 5.91 Å². The molecule has 7 nitrogen and oxygen atoms in total. The molecule has 0 saturated carbocycles. The van der Waals surface area contributed by atoms with Crippen LogP contribution in [0.5, 0.6) is 0 Å². The summed E-state index contributed by atoms with van der Waals surface area (Å²) in [6.07, 6.45) is 0. The zero-order valence-electron chi connectivity index (χ0n) is 17.7. The van der Waals surface area contributed by atoms with Crippen LogP contribution in [0.15, 0.2) is 53.7 Å². The normalized spacial score (nSPS) is 11.1. The minimum Gasteiger partial charge on any atom is -0.351 e. The van der Waals surface area contributed by atoms with E-state index in [1.165, 1.54) is 17.3 Å². The van der Waals surface area contributed by atoms with Crippen LogP contribution in [-0.4, -0.2) is 31.4 Å². The number of amides is 1. The van der Waals surface area contributed by atoms with Crippen LogP contribution in [0.3, 0.4) is 0 Å². The quantitative estimate of drug-likeness (QED) is 0.320. The van der Waals surface area contributed by atoms with Crippen molar-refractivity contribution in [1.29, 1.82) is 5.41 Å². The minimum atomic E-state index is -0.0898. The number of nitrogens with zero attached hydrogens (tertiary/aromatic N) is 3. The van der Waals surface area contributed by atoms with Crippen LogP contribution < -0.4 is 10.8 Å². The van der Waals surface area contributed by atoms with E-state index in [4.69, 9.17) is 5.41 Å². The van der Waals surface area contributed by atoms with Crippen molar-refractivity contribution < 1.29 is 4.79 Å². The Morgan fingerprint density at radius 1 is 1.13 bits per heavy atom. The number of H-pyrrole nitrogens is 1. The molecule has 3 N–H and O–H groups in total. The standard InChI is InChI=1S/C23H24N6OS/c1-14-7-9-17(10-8-14)12-25-19(30)13-31-23-26-22-20(16(3)27-28-22)21(24)29(23)18-6-4-5-15(2)11-18/h4-11,24H,12-13H2,1-3H3,(H,25,30)(H,27,28). The van der Waals surface area contributed by atoms with Gasteiger partial charge in [0, 0.05) is 17.9 Å². The highest BCUT2D eigenvalue weighted by Crippen LogP contribution is 2.22. The van der Waals surface area contributed by atoms with Crippen molar-refractivity contribution >= 4 is 28.7 Å². The molecular formula is C23H24N6OS. The first-order valence-electron chi connectivity index (χ1n) is 9.97. The highest BCUT2D eigenvalue weighted by Gasteiger charge is 2.16. The van der Waals surface area contributed by atoms with Gasteiger partial charge in [-0.2, -0.15) is 5.10 Å². The second-order valence-electron chi connectivity index (χ2n) is 7.52. The van der Waals surface area contributed by atoms with E-state index < -0.39 is 0 Å². The van der Waals surface area contributed by atoms with Gasteiger partial charge < -0.3 is 5.32 Å². The Morgan fingerprint density at radius 3 is 2.65 bits per heavy atom. The largest absolute Gasteiger partial charge is 0.351 e. The lowest BCUT2D eigenvalue weighted by Gasteiger charge is -2.14. The molecular weight excluding hydrogens is 408 g/mol. The molecule has 2 aromatic carbocycles. The third-order valence-corrected chi connectivity index (χ3v) is 5.92. The molecule has 4 aromatic rings. The van der Waals surface area contributed by atoms with Crippen LogP contribution in [0.25, 0.3) is 16.7 Å². The highest BCUT2D eigenvalue weighted by molar-refractivity contribution is 7.99. The fraction of sp³-hybridized carbons (Fsp3) is 0.217. The second-order valence-corrected chi connectivity index (χ2v) is 8.46. The third-order valence-electron chi connectivity index (χ3n) is 4.98. The van der Waals surface area contributed by atoms with Crippen molar-refractivity contribution in [3.63, 3.8) is 0 Å². The van der Waals surface area contributed by atoms with Gasteiger partial charge in [-0.3, -0.25) is 19.9 Å². The number of hydrogen-bond acceptors (Lipinski definition) is 5. The molecule has 2 aromatic heterocycles. The van der Waals surface area contributed by atoms with Crippen LogP contribution >= 0.6 is 11.8 Å². The average Bonchev–Trinajstić information content (AvgIpc) is 3.12. The molecule has 0 aliphatic rings. The first-order chi connectivity index (χ1) is 14.9. The number of carbonyl (C=O) groups is 1. The smallest absolute Gasteiger partial charge is 0.230 e. The van der Waals surface area contributed by atoms with E-state index in [2.05, 4.69) is 20.5 Å². The number of aromatic nitrogens is 4. The van der Waals surface area contributed by atoms with Gasteiger partial charge in [-0.05, 0) is 44.0 Å². The lowest BCUT2D eigenvalue weighted by Crippen LogP contribution is -2.26. The van der Waals surface area contributed by atoms with Gasteiger partial charge in [0.05, 0.1) is 11.1 Å². The topological polar surface area (TPSA) is 99.5 Å². The Hall–Kier alpha value is -3.39. The highest BCUT2D eigenvalue weighted by atomic mass is 32.2. The molecule has 0 bridgehead atoms. The summed E-state index contributed by atoms with van der Waals surface area (Å²) < 4.78 is 1.77. The van der Waals surface area contributed by atoms with E-state index in [1.54, 1.807) is 4.57 Å². The first kappa shape index (κ1) is 20.9. The number of hydrogen-bond donors (Lipinski definition) is 3. The minimum absolute atomic E-state index is 0.0898. The number of benzene rings is 2.